The second-order valence-corrected chi connectivity index (χ2v) is 6.94. The van der Waals surface area contributed by atoms with E-state index in [-0.39, 0.29) is 30.1 Å². The van der Waals surface area contributed by atoms with Gasteiger partial charge in [0.25, 0.3) is 0 Å². The first-order valence-corrected chi connectivity index (χ1v) is 8.64. The number of hydrogen-bond acceptors (Lipinski definition) is 2. The van der Waals surface area contributed by atoms with Gasteiger partial charge in [-0.1, -0.05) is 22.2 Å². The molecule has 0 spiro atoms. The molecule has 0 aromatic heterocycles. The van der Waals surface area contributed by atoms with Gasteiger partial charge in [-0.3, -0.25) is 0 Å². The molecule has 9 heteroatoms. The molecule has 1 aliphatic rings. The molecule has 1 saturated heterocycles. The molecule has 0 bridgehead atoms. The predicted octanol–water partition coefficient (Wildman–Crippen LogP) is 3.23. The zero-order valence-electron chi connectivity index (χ0n) is 13.9. The summed E-state index contributed by atoms with van der Waals surface area (Å²) in [5.41, 5.74) is -0.776. The minimum Gasteiger partial charge on any atom is -0.334 e. The molecule has 0 radical (unpaired) electrons. The van der Waals surface area contributed by atoms with Crippen molar-refractivity contribution in [2.24, 2.45) is 0 Å². The number of halogens is 4. The van der Waals surface area contributed by atoms with E-state index < -0.39 is 17.1 Å². The Balaban J connectivity index is 2.18. The van der Waals surface area contributed by atoms with E-state index in [1.807, 2.05) is 9.24 Å². The lowest BCUT2D eigenvalue weighted by molar-refractivity contribution is -0.137. The zero-order chi connectivity index (χ0) is 18.7. The third kappa shape index (κ3) is 5.28. The van der Waals surface area contributed by atoms with E-state index in [1.54, 1.807) is 11.8 Å². The second-order valence-electron chi connectivity index (χ2n) is 6.03. The number of rotatable bonds is 4. The molecule has 1 aliphatic heterocycles. The van der Waals surface area contributed by atoms with E-state index in [1.165, 1.54) is 6.07 Å². The molecule has 1 fully saturated rings. The van der Waals surface area contributed by atoms with Gasteiger partial charge in [0.05, 0.1) is 5.56 Å². The number of alkyl halides is 4. The van der Waals surface area contributed by atoms with Gasteiger partial charge in [-0.15, -0.1) is 0 Å². The first-order chi connectivity index (χ1) is 11.6. The van der Waals surface area contributed by atoms with Crippen LogP contribution in [0.3, 0.4) is 0 Å². The highest BCUT2D eigenvalue weighted by Crippen LogP contribution is 2.40. The Bertz CT molecular complexity index is 616. The maximum atomic E-state index is 14.5. The number of urea groups is 1. The van der Waals surface area contributed by atoms with Gasteiger partial charge in [-0.2, -0.15) is 13.2 Å². The van der Waals surface area contributed by atoms with Gasteiger partial charge in [-0.05, 0) is 29.7 Å². The Hall–Kier alpha value is -1.40. The van der Waals surface area contributed by atoms with Crippen molar-refractivity contribution in [3.63, 3.8) is 0 Å². The Labute approximate surface area is 146 Å². The third-order valence-corrected chi connectivity index (χ3v) is 4.90. The fourth-order valence-electron chi connectivity index (χ4n) is 2.56. The van der Waals surface area contributed by atoms with Gasteiger partial charge in [0, 0.05) is 32.7 Å². The van der Waals surface area contributed by atoms with Crippen LogP contribution in [0.5, 0.6) is 0 Å². The highest BCUT2D eigenvalue weighted by Gasteiger charge is 2.34. The molecule has 1 aromatic rings. The van der Waals surface area contributed by atoms with Crippen LogP contribution in [0.1, 0.15) is 30.0 Å². The lowest BCUT2D eigenvalue weighted by Gasteiger charge is -2.27. The molecule has 2 amide bonds. The summed E-state index contributed by atoms with van der Waals surface area (Å²) in [4.78, 5) is 13.7. The van der Waals surface area contributed by atoms with Gasteiger partial charge in [0.2, 0.25) is 0 Å². The molecule has 2 unspecified atom stereocenters. The van der Waals surface area contributed by atoms with Gasteiger partial charge < -0.3 is 15.5 Å². The fourth-order valence-corrected chi connectivity index (χ4v) is 2.73. The van der Waals surface area contributed by atoms with Crippen molar-refractivity contribution in [2.45, 2.75) is 31.5 Å². The molecule has 1 heterocycles. The topological polar surface area (TPSA) is 44.4 Å². The van der Waals surface area contributed by atoms with E-state index in [9.17, 15) is 22.4 Å². The summed E-state index contributed by atoms with van der Waals surface area (Å²) >= 11 is 0. The van der Waals surface area contributed by atoms with Crippen molar-refractivity contribution in [2.75, 3.05) is 26.2 Å². The summed E-state index contributed by atoms with van der Waals surface area (Å²) in [6, 6.07) is 2.79. The number of piperazine rings is 1. The van der Waals surface area contributed by atoms with E-state index >= 15 is 0 Å². The van der Waals surface area contributed by atoms with Crippen LogP contribution >= 0.6 is 9.24 Å². The number of hydrogen-bond donors (Lipinski definition) is 2. The first kappa shape index (κ1) is 19.9. The monoisotopic (exact) mass is 379 g/mol. The molecule has 2 N–H and O–H groups in total. The average molecular weight is 379 g/mol. The Morgan fingerprint density at radius 2 is 1.80 bits per heavy atom. The number of nitrogens with zero attached hydrogens (tertiary/aromatic N) is 1. The smallest absolute Gasteiger partial charge is 0.334 e. The molecular weight excluding hydrogens is 357 g/mol. The van der Waals surface area contributed by atoms with Crippen LogP contribution in [0.15, 0.2) is 18.2 Å². The number of nitrogens with one attached hydrogen (secondary N) is 2. The lowest BCUT2D eigenvalue weighted by Crippen LogP contribution is -2.50. The molecule has 2 atom stereocenters. The molecule has 140 valence electrons. The van der Waals surface area contributed by atoms with E-state index in [4.69, 9.17) is 0 Å². The quantitative estimate of drug-likeness (QED) is 0.623. The maximum absolute atomic E-state index is 14.5. The van der Waals surface area contributed by atoms with Gasteiger partial charge in [-0.25, -0.2) is 9.18 Å². The van der Waals surface area contributed by atoms with Crippen LogP contribution in [-0.2, 0) is 18.1 Å². The summed E-state index contributed by atoms with van der Waals surface area (Å²) in [5, 5.41) is 3.77. The Morgan fingerprint density at radius 1 is 1.20 bits per heavy atom. The van der Waals surface area contributed by atoms with Crippen molar-refractivity contribution in [3.05, 3.63) is 34.9 Å². The summed E-state index contributed by atoms with van der Waals surface area (Å²) in [5.74, 6) is 0. The Kier molecular flexibility index (Phi) is 6.27. The van der Waals surface area contributed by atoms with Crippen LogP contribution in [0.4, 0.5) is 22.4 Å². The standard InChI is InChI=1S/C16H22F4N3OP/c1-2-15(17,25)12-7-11(8-13(9-12)16(18,19)20)10-22-14(24)23-5-3-21-4-6-23/h7-9,21H,2-6,10,25H2,1H3,(H,22,24). The fraction of sp³-hybridized carbons (Fsp3) is 0.562. The summed E-state index contributed by atoms with van der Waals surface area (Å²) in [6.45, 7) is 3.89. The van der Waals surface area contributed by atoms with E-state index in [0.717, 1.165) is 12.1 Å². The highest BCUT2D eigenvalue weighted by molar-refractivity contribution is 7.18. The third-order valence-electron chi connectivity index (χ3n) is 4.16. The number of benzene rings is 1. The normalized spacial score (nSPS) is 17.9. The van der Waals surface area contributed by atoms with Crippen molar-refractivity contribution < 1.29 is 22.4 Å². The van der Waals surface area contributed by atoms with Gasteiger partial charge in [0.1, 0.15) is 5.41 Å². The maximum Gasteiger partial charge on any atom is 0.416 e. The highest BCUT2D eigenvalue weighted by atomic mass is 31.0. The Morgan fingerprint density at radius 3 is 2.36 bits per heavy atom. The molecule has 4 nitrogen and oxygen atoms in total. The van der Waals surface area contributed by atoms with Gasteiger partial charge in [0.15, 0.2) is 0 Å². The summed E-state index contributed by atoms with van der Waals surface area (Å²) in [7, 11) is 1.96. The molecule has 1 aromatic carbocycles. The molecule has 25 heavy (non-hydrogen) atoms. The van der Waals surface area contributed by atoms with Crippen LogP contribution < -0.4 is 10.6 Å². The van der Waals surface area contributed by atoms with Crippen LogP contribution in [0, 0.1) is 0 Å². The van der Waals surface area contributed by atoms with E-state index in [2.05, 4.69) is 10.6 Å². The first-order valence-electron chi connectivity index (χ1n) is 8.06. The lowest BCUT2D eigenvalue weighted by atomic mass is 10.0. The minimum absolute atomic E-state index is 0.0194. The summed E-state index contributed by atoms with van der Waals surface area (Å²) < 4.78 is 53.8. The van der Waals surface area contributed by atoms with Crippen molar-refractivity contribution >= 4 is 15.3 Å². The largest absolute Gasteiger partial charge is 0.416 e. The zero-order valence-corrected chi connectivity index (χ0v) is 15.1. The van der Waals surface area contributed by atoms with Crippen LogP contribution in [-0.4, -0.2) is 37.1 Å². The molecule has 2 rings (SSSR count). The molecule has 0 saturated carbocycles. The van der Waals surface area contributed by atoms with Crippen molar-refractivity contribution in [1.29, 1.82) is 0 Å². The van der Waals surface area contributed by atoms with Gasteiger partial charge >= 0.3 is 12.2 Å². The summed E-state index contributed by atoms with van der Waals surface area (Å²) in [6.07, 6.45) is -4.56. The van der Waals surface area contributed by atoms with E-state index in [0.29, 0.717) is 26.2 Å². The minimum atomic E-state index is -4.58. The van der Waals surface area contributed by atoms with Crippen LogP contribution in [0.2, 0.25) is 0 Å². The predicted molar refractivity (Wildman–Crippen MR) is 90.9 cm³/mol. The second kappa shape index (κ2) is 7.87. The van der Waals surface area contributed by atoms with Crippen molar-refractivity contribution in [1.82, 2.24) is 15.5 Å². The molecular formula is C16H22F4N3OP. The van der Waals surface area contributed by atoms with Crippen LogP contribution in [0.25, 0.3) is 0 Å². The average Bonchev–Trinajstić information content (AvgIpc) is 2.59. The molecule has 0 aliphatic carbocycles. The SMILES string of the molecule is CCC(F)(P)c1cc(CNC(=O)N2CCNCC2)cc(C(F)(F)F)c1. The number of carbonyl (C=O) groups excluding carboxylic acids is 1. The van der Waals surface area contributed by atoms with Crippen molar-refractivity contribution in [3.8, 4) is 0 Å². The number of amides is 2. The number of carbonyl (C=O) groups is 1.